The van der Waals surface area contributed by atoms with Gasteiger partial charge in [0, 0.05) is 24.8 Å². The quantitative estimate of drug-likeness (QED) is 0.321. The van der Waals surface area contributed by atoms with E-state index >= 15 is 0 Å². The van der Waals surface area contributed by atoms with Crippen molar-refractivity contribution >= 4 is 17.7 Å². The van der Waals surface area contributed by atoms with Crippen molar-refractivity contribution in [3.05, 3.63) is 60.7 Å². The third-order valence-electron chi connectivity index (χ3n) is 3.81. The fraction of sp³-hybridized carbons (Fsp3) is 0.250. The first-order valence-corrected chi connectivity index (χ1v) is 9.88. The lowest BCUT2D eigenvalue weighted by Crippen LogP contribution is -2.26. The molecule has 0 saturated heterocycles. The van der Waals surface area contributed by atoms with E-state index in [1.165, 1.54) is 11.8 Å². The molecule has 0 aliphatic carbocycles. The van der Waals surface area contributed by atoms with Crippen LogP contribution in [0.15, 0.2) is 65.8 Å². The van der Waals surface area contributed by atoms with E-state index < -0.39 is 0 Å². The molecular formula is C20H22N4O3S. The standard InChI is InChI=1S/C20H22N4O3S/c1-24-19(16-8-4-2-5-9-16)21-22-20(24)28-15-12-18(25)23-27-14-13-26-17-10-6-3-7-11-17/h2-11H,12-15H2,1H3,(H,23,25). The molecule has 1 aromatic heterocycles. The van der Waals surface area contributed by atoms with Crippen molar-refractivity contribution in [2.24, 2.45) is 7.05 Å². The number of carbonyl (C=O) groups excluding carboxylic acids is 1. The van der Waals surface area contributed by atoms with Crippen molar-refractivity contribution in [3.8, 4) is 17.1 Å². The Morgan fingerprint density at radius 1 is 1.04 bits per heavy atom. The van der Waals surface area contributed by atoms with E-state index in [1.807, 2.05) is 72.3 Å². The largest absolute Gasteiger partial charge is 0.491 e. The minimum absolute atomic E-state index is 0.183. The molecule has 2 aromatic carbocycles. The topological polar surface area (TPSA) is 78.3 Å². The van der Waals surface area contributed by atoms with Crippen LogP contribution in [0.4, 0.5) is 0 Å². The Kier molecular flexibility index (Phi) is 7.45. The summed E-state index contributed by atoms with van der Waals surface area (Å²) in [7, 11) is 1.92. The first kappa shape index (κ1) is 19.9. The summed E-state index contributed by atoms with van der Waals surface area (Å²) in [5.74, 6) is 1.97. The third kappa shape index (κ3) is 5.83. The SMILES string of the molecule is Cn1c(SCCC(=O)NOCCOc2ccccc2)nnc1-c1ccccc1. The number of nitrogens with zero attached hydrogens (tertiary/aromatic N) is 3. The van der Waals surface area contributed by atoms with Crippen LogP contribution < -0.4 is 10.2 Å². The first-order chi connectivity index (χ1) is 13.7. The summed E-state index contributed by atoms with van der Waals surface area (Å²) in [5.41, 5.74) is 3.43. The van der Waals surface area contributed by atoms with Crippen LogP contribution in [0.1, 0.15) is 6.42 Å². The predicted octanol–water partition coefficient (Wildman–Crippen LogP) is 3.09. The average molecular weight is 398 g/mol. The van der Waals surface area contributed by atoms with Gasteiger partial charge >= 0.3 is 0 Å². The number of ether oxygens (including phenoxy) is 1. The molecule has 7 nitrogen and oxygen atoms in total. The number of hydroxylamine groups is 1. The molecule has 146 valence electrons. The third-order valence-corrected chi connectivity index (χ3v) is 4.83. The molecule has 0 spiro atoms. The molecular weight excluding hydrogens is 376 g/mol. The molecule has 3 rings (SSSR count). The number of benzene rings is 2. The van der Waals surface area contributed by atoms with E-state index in [-0.39, 0.29) is 12.5 Å². The molecule has 1 amide bonds. The molecule has 8 heteroatoms. The number of rotatable bonds is 10. The highest BCUT2D eigenvalue weighted by Gasteiger charge is 2.11. The maximum absolute atomic E-state index is 11.8. The summed E-state index contributed by atoms with van der Waals surface area (Å²) >= 11 is 1.48. The Morgan fingerprint density at radius 2 is 1.75 bits per heavy atom. The van der Waals surface area contributed by atoms with Gasteiger partial charge in [0.15, 0.2) is 11.0 Å². The van der Waals surface area contributed by atoms with Gasteiger partial charge in [-0.3, -0.25) is 9.63 Å². The van der Waals surface area contributed by atoms with Crippen molar-refractivity contribution in [1.82, 2.24) is 20.2 Å². The molecule has 0 aliphatic rings. The van der Waals surface area contributed by atoms with Crippen molar-refractivity contribution in [1.29, 1.82) is 0 Å². The summed E-state index contributed by atoms with van der Waals surface area (Å²) in [6.07, 6.45) is 0.317. The Hall–Kier alpha value is -2.84. The Bertz CT molecular complexity index is 872. The van der Waals surface area contributed by atoms with Crippen molar-refractivity contribution in [3.63, 3.8) is 0 Å². The Balaban J connectivity index is 1.33. The highest BCUT2D eigenvalue weighted by atomic mass is 32.2. The fourth-order valence-electron chi connectivity index (χ4n) is 2.41. The van der Waals surface area contributed by atoms with E-state index in [0.29, 0.717) is 18.8 Å². The zero-order chi connectivity index (χ0) is 19.6. The number of nitrogens with one attached hydrogen (secondary N) is 1. The van der Waals surface area contributed by atoms with E-state index in [4.69, 9.17) is 9.57 Å². The summed E-state index contributed by atoms with van der Waals surface area (Å²) in [4.78, 5) is 17.0. The molecule has 1 heterocycles. The zero-order valence-corrected chi connectivity index (χ0v) is 16.4. The summed E-state index contributed by atoms with van der Waals surface area (Å²) in [5, 5.41) is 9.20. The molecule has 0 bridgehead atoms. The van der Waals surface area contributed by atoms with E-state index in [1.54, 1.807) is 0 Å². The molecule has 0 aliphatic heterocycles. The summed E-state index contributed by atoms with van der Waals surface area (Å²) < 4.78 is 7.41. The number of aromatic nitrogens is 3. The number of thioether (sulfide) groups is 1. The highest BCUT2D eigenvalue weighted by molar-refractivity contribution is 7.99. The monoisotopic (exact) mass is 398 g/mol. The van der Waals surface area contributed by atoms with Crippen molar-refractivity contribution in [2.45, 2.75) is 11.6 Å². The second-order valence-corrected chi connectivity index (χ2v) is 6.93. The maximum Gasteiger partial charge on any atom is 0.244 e. The minimum Gasteiger partial charge on any atom is -0.491 e. The first-order valence-electron chi connectivity index (χ1n) is 8.90. The van der Waals surface area contributed by atoms with Crippen LogP contribution in [0, 0.1) is 0 Å². The molecule has 28 heavy (non-hydrogen) atoms. The molecule has 0 unspecified atom stereocenters. The van der Waals surface area contributed by atoms with Gasteiger partial charge in [0.05, 0.1) is 0 Å². The molecule has 3 aromatic rings. The number of hydrogen-bond acceptors (Lipinski definition) is 6. The van der Waals surface area contributed by atoms with Crippen LogP contribution in [0.2, 0.25) is 0 Å². The van der Waals surface area contributed by atoms with E-state index in [2.05, 4.69) is 15.7 Å². The number of hydrogen-bond donors (Lipinski definition) is 1. The van der Waals surface area contributed by atoms with Gasteiger partial charge in [-0.05, 0) is 12.1 Å². The Morgan fingerprint density at radius 3 is 2.50 bits per heavy atom. The van der Waals surface area contributed by atoms with Gasteiger partial charge in [0.2, 0.25) is 5.91 Å². The lowest BCUT2D eigenvalue weighted by atomic mass is 10.2. The molecule has 0 fully saturated rings. The lowest BCUT2D eigenvalue weighted by molar-refractivity contribution is -0.133. The normalized spacial score (nSPS) is 10.6. The van der Waals surface area contributed by atoms with Crippen LogP contribution in [-0.2, 0) is 16.7 Å². The lowest BCUT2D eigenvalue weighted by Gasteiger charge is -2.08. The van der Waals surface area contributed by atoms with Gasteiger partial charge in [-0.2, -0.15) is 0 Å². The average Bonchev–Trinajstić information content (AvgIpc) is 3.10. The van der Waals surface area contributed by atoms with Gasteiger partial charge in [-0.25, -0.2) is 5.48 Å². The van der Waals surface area contributed by atoms with Gasteiger partial charge < -0.3 is 9.30 Å². The minimum atomic E-state index is -0.183. The van der Waals surface area contributed by atoms with Gasteiger partial charge in [-0.1, -0.05) is 60.3 Å². The number of para-hydroxylation sites is 1. The van der Waals surface area contributed by atoms with Gasteiger partial charge in [0.25, 0.3) is 0 Å². The zero-order valence-electron chi connectivity index (χ0n) is 15.6. The summed E-state index contributed by atoms with van der Waals surface area (Å²) in [6, 6.07) is 19.3. The Labute approximate surface area is 168 Å². The molecule has 0 atom stereocenters. The maximum atomic E-state index is 11.8. The van der Waals surface area contributed by atoms with Crippen LogP contribution in [-0.4, -0.2) is 39.6 Å². The van der Waals surface area contributed by atoms with Crippen LogP contribution in [0.5, 0.6) is 5.75 Å². The van der Waals surface area contributed by atoms with Crippen LogP contribution in [0.3, 0.4) is 0 Å². The van der Waals surface area contributed by atoms with Crippen molar-refractivity contribution in [2.75, 3.05) is 19.0 Å². The fourth-order valence-corrected chi connectivity index (χ4v) is 3.26. The second kappa shape index (κ2) is 10.5. The van der Waals surface area contributed by atoms with Crippen LogP contribution >= 0.6 is 11.8 Å². The molecule has 0 saturated carbocycles. The predicted molar refractivity (Wildman–Crippen MR) is 108 cm³/mol. The van der Waals surface area contributed by atoms with Gasteiger partial charge in [0.1, 0.15) is 19.0 Å². The second-order valence-electron chi connectivity index (χ2n) is 5.86. The number of amides is 1. The highest BCUT2D eigenvalue weighted by Crippen LogP contribution is 2.22. The molecule has 1 N–H and O–H groups in total. The van der Waals surface area contributed by atoms with Crippen molar-refractivity contribution < 1.29 is 14.4 Å². The summed E-state index contributed by atoms with van der Waals surface area (Å²) in [6.45, 7) is 0.637. The molecule has 0 radical (unpaired) electrons. The smallest absolute Gasteiger partial charge is 0.244 e. The van der Waals surface area contributed by atoms with Crippen LogP contribution in [0.25, 0.3) is 11.4 Å². The van der Waals surface area contributed by atoms with E-state index in [9.17, 15) is 4.79 Å². The van der Waals surface area contributed by atoms with Gasteiger partial charge in [-0.15, -0.1) is 10.2 Å². The number of carbonyl (C=O) groups is 1. The van der Waals surface area contributed by atoms with E-state index in [0.717, 1.165) is 22.3 Å².